The number of carbonyl (C=O) groups excluding carboxylic acids is 1. The molecule has 0 saturated heterocycles. The first kappa shape index (κ1) is 17.3. The first-order chi connectivity index (χ1) is 11.3. The third kappa shape index (κ3) is 7.19. The van der Waals surface area contributed by atoms with E-state index in [1.54, 1.807) is 19.2 Å². The second-order valence-electron chi connectivity index (χ2n) is 5.53. The van der Waals surface area contributed by atoms with Crippen LogP contribution < -0.4 is 16.0 Å². The number of nitrogens with one attached hydrogen (secondary N) is 3. The molecule has 1 fully saturated rings. The second-order valence-corrected chi connectivity index (χ2v) is 5.53. The van der Waals surface area contributed by atoms with E-state index in [4.69, 9.17) is 9.15 Å². The lowest BCUT2D eigenvalue weighted by atomic mass is 10.4. The lowest BCUT2D eigenvalue weighted by Gasteiger charge is -2.12. The molecule has 3 N–H and O–H groups in total. The number of hydrogen-bond acceptors (Lipinski definition) is 4. The fourth-order valence-corrected chi connectivity index (χ4v) is 1.99. The Morgan fingerprint density at radius 3 is 2.78 bits per heavy atom. The summed E-state index contributed by atoms with van der Waals surface area (Å²) in [4.78, 5) is 15.8. The molecule has 1 heterocycles. The molecule has 0 aromatic carbocycles. The van der Waals surface area contributed by atoms with E-state index >= 15 is 0 Å². The molecule has 0 atom stereocenters. The minimum absolute atomic E-state index is 0.215. The summed E-state index contributed by atoms with van der Waals surface area (Å²) in [6.07, 6.45) is 5.08. The fraction of sp³-hybridized carbons (Fsp3) is 0.625. The Morgan fingerprint density at radius 1 is 1.30 bits per heavy atom. The monoisotopic (exact) mass is 322 g/mol. The van der Waals surface area contributed by atoms with Crippen molar-refractivity contribution >= 4 is 11.9 Å². The molecule has 1 saturated carbocycles. The maximum absolute atomic E-state index is 11.7. The van der Waals surface area contributed by atoms with Crippen molar-refractivity contribution in [1.82, 2.24) is 16.0 Å². The Hall–Kier alpha value is -2.02. The van der Waals surface area contributed by atoms with Crippen LogP contribution in [0.4, 0.5) is 0 Å². The molecule has 1 amide bonds. The van der Waals surface area contributed by atoms with Crippen LogP contribution in [0.15, 0.2) is 27.8 Å². The Morgan fingerprint density at radius 2 is 2.09 bits per heavy atom. The molecule has 1 aromatic rings. The average molecular weight is 322 g/mol. The number of hydrogen-bond donors (Lipinski definition) is 3. The topological polar surface area (TPSA) is 87.9 Å². The van der Waals surface area contributed by atoms with Crippen molar-refractivity contribution in [3.05, 3.63) is 24.2 Å². The van der Waals surface area contributed by atoms with Gasteiger partial charge in [-0.2, -0.15) is 0 Å². The van der Waals surface area contributed by atoms with Crippen LogP contribution in [0.2, 0.25) is 0 Å². The summed E-state index contributed by atoms with van der Waals surface area (Å²) in [7, 11) is 1.72. The van der Waals surface area contributed by atoms with E-state index < -0.39 is 0 Å². The van der Waals surface area contributed by atoms with Crippen LogP contribution in [0.1, 0.15) is 29.8 Å². The second kappa shape index (κ2) is 9.89. The van der Waals surface area contributed by atoms with Gasteiger partial charge in [0.05, 0.1) is 6.26 Å². The highest BCUT2D eigenvalue weighted by Crippen LogP contribution is 2.28. The number of guanidine groups is 1. The molecule has 1 aliphatic rings. The minimum atomic E-state index is -0.215. The zero-order valence-electron chi connectivity index (χ0n) is 13.6. The molecule has 0 radical (unpaired) electrons. The third-order valence-electron chi connectivity index (χ3n) is 3.48. The maximum Gasteiger partial charge on any atom is 0.287 e. The van der Waals surface area contributed by atoms with E-state index in [0.29, 0.717) is 18.8 Å². The van der Waals surface area contributed by atoms with Crippen molar-refractivity contribution < 1.29 is 13.9 Å². The number of nitrogens with zero attached hydrogens (tertiary/aromatic N) is 1. The molecular weight excluding hydrogens is 296 g/mol. The van der Waals surface area contributed by atoms with Gasteiger partial charge in [0.1, 0.15) is 0 Å². The van der Waals surface area contributed by atoms with Crippen LogP contribution in [-0.4, -0.2) is 51.8 Å². The molecule has 0 spiro atoms. The van der Waals surface area contributed by atoms with Crippen molar-refractivity contribution in [3.63, 3.8) is 0 Å². The Labute approximate surface area is 136 Å². The Bertz CT molecular complexity index is 484. The lowest BCUT2D eigenvalue weighted by Crippen LogP contribution is -2.41. The number of ether oxygens (including phenoxy) is 1. The van der Waals surface area contributed by atoms with Crippen molar-refractivity contribution in [3.8, 4) is 0 Å². The summed E-state index contributed by atoms with van der Waals surface area (Å²) in [6, 6.07) is 3.32. The van der Waals surface area contributed by atoms with E-state index in [1.165, 1.54) is 19.1 Å². The normalized spacial score (nSPS) is 14.6. The fourth-order valence-electron chi connectivity index (χ4n) is 1.99. The zero-order valence-corrected chi connectivity index (χ0v) is 13.6. The maximum atomic E-state index is 11.7. The first-order valence-electron chi connectivity index (χ1n) is 8.13. The predicted octanol–water partition coefficient (Wildman–Crippen LogP) is 0.991. The Kier molecular flexibility index (Phi) is 7.45. The van der Waals surface area contributed by atoms with Gasteiger partial charge in [-0.15, -0.1) is 0 Å². The summed E-state index contributed by atoms with van der Waals surface area (Å²) in [5.74, 6) is 1.64. The van der Waals surface area contributed by atoms with E-state index in [-0.39, 0.29) is 5.91 Å². The number of furan rings is 1. The number of rotatable bonds is 10. The summed E-state index contributed by atoms with van der Waals surface area (Å²) in [5, 5.41) is 9.13. The third-order valence-corrected chi connectivity index (χ3v) is 3.48. The molecule has 1 aromatic heterocycles. The Balaban J connectivity index is 1.46. The molecule has 0 bridgehead atoms. The predicted molar refractivity (Wildman–Crippen MR) is 88.6 cm³/mol. The van der Waals surface area contributed by atoms with Gasteiger partial charge in [-0.1, -0.05) is 0 Å². The van der Waals surface area contributed by atoms with Crippen molar-refractivity contribution in [2.75, 3.05) is 39.9 Å². The summed E-state index contributed by atoms with van der Waals surface area (Å²) >= 11 is 0. The van der Waals surface area contributed by atoms with E-state index in [9.17, 15) is 4.79 Å². The van der Waals surface area contributed by atoms with Gasteiger partial charge in [0.25, 0.3) is 5.91 Å². The molecular formula is C16H26N4O3. The van der Waals surface area contributed by atoms with Gasteiger partial charge in [0.15, 0.2) is 11.7 Å². The van der Waals surface area contributed by atoms with Crippen molar-refractivity contribution in [2.45, 2.75) is 19.3 Å². The number of aliphatic imine (C=N–C) groups is 1. The van der Waals surface area contributed by atoms with E-state index in [2.05, 4.69) is 20.9 Å². The van der Waals surface area contributed by atoms with Crippen LogP contribution >= 0.6 is 0 Å². The van der Waals surface area contributed by atoms with Crippen molar-refractivity contribution in [1.29, 1.82) is 0 Å². The van der Waals surface area contributed by atoms with Crippen molar-refractivity contribution in [2.24, 2.45) is 10.9 Å². The number of carbonyl (C=O) groups is 1. The van der Waals surface area contributed by atoms with Gasteiger partial charge in [0.2, 0.25) is 0 Å². The van der Waals surface area contributed by atoms with E-state index in [1.807, 2.05) is 0 Å². The van der Waals surface area contributed by atoms with Gasteiger partial charge in [-0.25, -0.2) is 0 Å². The highest BCUT2D eigenvalue weighted by molar-refractivity contribution is 5.91. The SMILES string of the molecule is CN=C(NCCCOCC1CC1)NCCNC(=O)c1ccco1. The summed E-state index contributed by atoms with van der Waals surface area (Å²) in [5.41, 5.74) is 0. The molecule has 23 heavy (non-hydrogen) atoms. The molecule has 7 heteroatoms. The highest BCUT2D eigenvalue weighted by Gasteiger charge is 2.20. The molecule has 2 rings (SSSR count). The quantitative estimate of drug-likeness (QED) is 0.340. The van der Waals surface area contributed by atoms with Crippen LogP contribution in [-0.2, 0) is 4.74 Å². The smallest absolute Gasteiger partial charge is 0.287 e. The molecule has 0 aliphatic heterocycles. The van der Waals surface area contributed by atoms with Crippen LogP contribution in [0.3, 0.4) is 0 Å². The van der Waals surface area contributed by atoms with Gasteiger partial charge in [0, 0.05) is 39.9 Å². The van der Waals surface area contributed by atoms with Crippen LogP contribution in [0.25, 0.3) is 0 Å². The summed E-state index contributed by atoms with van der Waals surface area (Å²) < 4.78 is 10.6. The number of amides is 1. The minimum Gasteiger partial charge on any atom is -0.459 e. The van der Waals surface area contributed by atoms with Gasteiger partial charge in [-0.05, 0) is 37.3 Å². The average Bonchev–Trinajstić information content (AvgIpc) is 3.22. The zero-order chi connectivity index (χ0) is 16.3. The van der Waals surface area contributed by atoms with Gasteiger partial charge >= 0.3 is 0 Å². The molecule has 0 unspecified atom stereocenters. The van der Waals surface area contributed by atoms with E-state index in [0.717, 1.165) is 38.1 Å². The van der Waals surface area contributed by atoms with Gasteiger partial charge in [-0.3, -0.25) is 9.79 Å². The van der Waals surface area contributed by atoms with Gasteiger partial charge < -0.3 is 25.1 Å². The lowest BCUT2D eigenvalue weighted by molar-refractivity contribution is 0.0926. The standard InChI is InChI=1S/C16H26N4O3/c1-17-16(19-7-3-10-22-12-13-5-6-13)20-9-8-18-15(21)14-4-2-11-23-14/h2,4,11,13H,3,5-10,12H2,1H3,(H,18,21)(H2,17,19,20). The van der Waals surface area contributed by atoms with Crippen LogP contribution in [0, 0.1) is 5.92 Å². The molecule has 128 valence electrons. The molecule has 7 nitrogen and oxygen atoms in total. The largest absolute Gasteiger partial charge is 0.459 e. The first-order valence-corrected chi connectivity index (χ1v) is 8.13. The van der Waals surface area contributed by atoms with Crippen LogP contribution in [0.5, 0.6) is 0 Å². The molecule has 1 aliphatic carbocycles. The highest BCUT2D eigenvalue weighted by atomic mass is 16.5. The summed E-state index contributed by atoms with van der Waals surface area (Å²) in [6.45, 7) is 3.57.